The maximum atomic E-state index is 12.8. The summed E-state index contributed by atoms with van der Waals surface area (Å²) in [5.74, 6) is 0.362. The van der Waals surface area contributed by atoms with Crippen molar-refractivity contribution in [1.29, 1.82) is 5.26 Å². The molecule has 0 bridgehead atoms. The van der Waals surface area contributed by atoms with Gasteiger partial charge in [0.15, 0.2) is 6.10 Å². The topological polar surface area (TPSA) is 49.2 Å². The fourth-order valence-corrected chi connectivity index (χ4v) is 2.99. The molecule has 1 aliphatic heterocycles. The highest BCUT2D eigenvalue weighted by molar-refractivity contribution is 5.56. The molecule has 0 amide bonds. The Kier molecular flexibility index (Phi) is 3.96. The van der Waals surface area contributed by atoms with Crippen molar-refractivity contribution in [3.63, 3.8) is 0 Å². The molecule has 1 unspecified atom stereocenters. The van der Waals surface area contributed by atoms with E-state index in [2.05, 4.69) is 11.1 Å². The van der Waals surface area contributed by atoms with Gasteiger partial charge in [-0.1, -0.05) is 0 Å². The van der Waals surface area contributed by atoms with Crippen LogP contribution in [0.4, 0.5) is 19.0 Å². The van der Waals surface area contributed by atoms with Crippen LogP contribution in [-0.2, 0) is 17.6 Å². The first-order valence-corrected chi connectivity index (χ1v) is 7.35. The standard InChI is InChI=1S/C15H16F3N3O/c16-15(17,18)13-9-21(5-6-22-13)14-11(8-19)7-10-3-1-2-4-12(10)20-14/h7,13H,1-6,9H2. The summed E-state index contributed by atoms with van der Waals surface area (Å²) in [7, 11) is 0. The summed E-state index contributed by atoms with van der Waals surface area (Å²) < 4.78 is 43.3. The van der Waals surface area contributed by atoms with Crippen molar-refractivity contribution < 1.29 is 17.9 Å². The Morgan fingerprint density at radius 1 is 1.32 bits per heavy atom. The minimum absolute atomic E-state index is 0.0200. The van der Waals surface area contributed by atoms with E-state index in [1.54, 1.807) is 6.07 Å². The molecule has 0 aromatic carbocycles. The molecular weight excluding hydrogens is 295 g/mol. The summed E-state index contributed by atoms with van der Waals surface area (Å²) in [5.41, 5.74) is 2.31. The molecular formula is C15H16F3N3O. The molecule has 2 aliphatic rings. The van der Waals surface area contributed by atoms with Gasteiger partial charge in [-0.3, -0.25) is 0 Å². The number of anilines is 1. The lowest BCUT2D eigenvalue weighted by molar-refractivity contribution is -0.221. The third-order valence-electron chi connectivity index (χ3n) is 4.13. The molecule has 118 valence electrons. The number of rotatable bonds is 1. The second-order valence-corrected chi connectivity index (χ2v) is 5.63. The van der Waals surface area contributed by atoms with E-state index in [1.165, 1.54) is 4.90 Å². The Morgan fingerprint density at radius 2 is 2.09 bits per heavy atom. The van der Waals surface area contributed by atoms with Crippen LogP contribution in [0, 0.1) is 11.3 Å². The highest BCUT2D eigenvalue weighted by Crippen LogP contribution is 2.31. The zero-order valence-electron chi connectivity index (χ0n) is 12.0. The van der Waals surface area contributed by atoms with Gasteiger partial charge in [0.05, 0.1) is 18.7 Å². The van der Waals surface area contributed by atoms with Crippen molar-refractivity contribution in [2.75, 3.05) is 24.6 Å². The smallest absolute Gasteiger partial charge is 0.365 e. The zero-order chi connectivity index (χ0) is 15.7. The van der Waals surface area contributed by atoms with Crippen LogP contribution < -0.4 is 4.90 Å². The van der Waals surface area contributed by atoms with Gasteiger partial charge in [0.2, 0.25) is 0 Å². The predicted octanol–water partition coefficient (Wildman–Crippen LogP) is 2.60. The molecule has 1 aromatic heterocycles. The molecule has 1 fully saturated rings. The third kappa shape index (κ3) is 2.88. The van der Waals surface area contributed by atoms with Crippen LogP contribution >= 0.6 is 0 Å². The van der Waals surface area contributed by atoms with Crippen molar-refractivity contribution in [3.8, 4) is 6.07 Å². The van der Waals surface area contributed by atoms with Crippen LogP contribution in [0.25, 0.3) is 0 Å². The van der Waals surface area contributed by atoms with Gasteiger partial charge in [0.25, 0.3) is 0 Å². The predicted molar refractivity (Wildman–Crippen MR) is 73.6 cm³/mol. The number of aryl methyl sites for hydroxylation is 2. The third-order valence-corrected chi connectivity index (χ3v) is 4.13. The van der Waals surface area contributed by atoms with Crippen molar-refractivity contribution in [3.05, 3.63) is 22.9 Å². The van der Waals surface area contributed by atoms with E-state index >= 15 is 0 Å². The Morgan fingerprint density at radius 3 is 2.82 bits per heavy atom. The summed E-state index contributed by atoms with van der Waals surface area (Å²) in [4.78, 5) is 6.03. The van der Waals surface area contributed by atoms with Crippen LogP contribution in [0.3, 0.4) is 0 Å². The second kappa shape index (κ2) is 5.76. The molecule has 1 aromatic rings. The SMILES string of the molecule is N#Cc1cc2c(nc1N1CCOC(C(F)(F)F)C1)CCCC2. The number of halogens is 3. The number of ether oxygens (including phenoxy) is 1. The Hall–Kier alpha value is -1.81. The van der Waals surface area contributed by atoms with Crippen molar-refractivity contribution in [2.24, 2.45) is 0 Å². The molecule has 1 atom stereocenters. The molecule has 1 aliphatic carbocycles. The van der Waals surface area contributed by atoms with Crippen LogP contribution in [0.15, 0.2) is 6.07 Å². The number of nitrogens with zero attached hydrogens (tertiary/aromatic N) is 3. The summed E-state index contributed by atoms with van der Waals surface area (Å²) >= 11 is 0. The maximum absolute atomic E-state index is 12.8. The highest BCUT2D eigenvalue weighted by Gasteiger charge is 2.44. The first-order valence-electron chi connectivity index (χ1n) is 7.35. The summed E-state index contributed by atoms with van der Waals surface area (Å²) in [6.07, 6.45) is -2.44. The first-order chi connectivity index (χ1) is 10.5. The van der Waals surface area contributed by atoms with Gasteiger partial charge >= 0.3 is 6.18 Å². The average Bonchev–Trinajstić information content (AvgIpc) is 2.53. The van der Waals surface area contributed by atoms with Gasteiger partial charge in [-0.15, -0.1) is 0 Å². The van der Waals surface area contributed by atoms with Gasteiger partial charge in [-0.2, -0.15) is 18.4 Å². The fourth-order valence-electron chi connectivity index (χ4n) is 2.99. The minimum Gasteiger partial charge on any atom is -0.365 e. The van der Waals surface area contributed by atoms with E-state index < -0.39 is 12.3 Å². The number of alkyl halides is 3. The Balaban J connectivity index is 1.92. The van der Waals surface area contributed by atoms with Crippen LogP contribution in [-0.4, -0.2) is 37.0 Å². The van der Waals surface area contributed by atoms with Crippen molar-refractivity contribution in [2.45, 2.75) is 38.0 Å². The number of nitriles is 1. The highest BCUT2D eigenvalue weighted by atomic mass is 19.4. The largest absolute Gasteiger partial charge is 0.416 e. The van der Waals surface area contributed by atoms with Gasteiger partial charge in [0, 0.05) is 12.2 Å². The maximum Gasteiger partial charge on any atom is 0.416 e. The average molecular weight is 311 g/mol. The number of hydrogen-bond acceptors (Lipinski definition) is 4. The lowest BCUT2D eigenvalue weighted by Crippen LogP contribution is -2.49. The van der Waals surface area contributed by atoms with Crippen molar-refractivity contribution in [1.82, 2.24) is 4.98 Å². The Labute approximate surface area is 126 Å². The molecule has 2 heterocycles. The van der Waals surface area contributed by atoms with Gasteiger partial charge < -0.3 is 9.64 Å². The molecule has 1 saturated heterocycles. The van der Waals surface area contributed by atoms with Crippen LogP contribution in [0.2, 0.25) is 0 Å². The number of aromatic nitrogens is 1. The summed E-state index contributed by atoms with van der Waals surface area (Å²) in [6, 6.07) is 3.86. The zero-order valence-corrected chi connectivity index (χ0v) is 12.0. The van der Waals surface area contributed by atoms with E-state index in [1.807, 2.05) is 0 Å². The second-order valence-electron chi connectivity index (χ2n) is 5.63. The normalized spacial score (nSPS) is 22.1. The van der Waals surface area contributed by atoms with E-state index in [-0.39, 0.29) is 13.2 Å². The van der Waals surface area contributed by atoms with E-state index in [9.17, 15) is 18.4 Å². The molecule has 0 saturated carbocycles. The fraction of sp³-hybridized carbons (Fsp3) is 0.600. The quantitative estimate of drug-likeness (QED) is 0.800. The van der Waals surface area contributed by atoms with Crippen molar-refractivity contribution >= 4 is 5.82 Å². The number of fused-ring (bicyclic) bond motifs is 1. The molecule has 0 N–H and O–H groups in total. The minimum atomic E-state index is -4.40. The molecule has 4 nitrogen and oxygen atoms in total. The molecule has 22 heavy (non-hydrogen) atoms. The Bertz CT molecular complexity index is 609. The van der Waals surface area contributed by atoms with E-state index in [0.29, 0.717) is 17.9 Å². The molecule has 0 spiro atoms. The summed E-state index contributed by atoms with van der Waals surface area (Å²) in [6.45, 7) is -0.0230. The first kappa shape index (κ1) is 15.1. The van der Waals surface area contributed by atoms with Crippen LogP contribution in [0.5, 0.6) is 0 Å². The lowest BCUT2D eigenvalue weighted by atomic mass is 9.95. The lowest BCUT2D eigenvalue weighted by Gasteiger charge is -2.35. The molecule has 7 heteroatoms. The number of morpholine rings is 1. The van der Waals surface area contributed by atoms with E-state index in [0.717, 1.165) is 36.9 Å². The van der Waals surface area contributed by atoms with Crippen LogP contribution in [0.1, 0.15) is 29.7 Å². The number of hydrogen-bond donors (Lipinski definition) is 0. The van der Waals surface area contributed by atoms with Gasteiger partial charge in [-0.05, 0) is 37.3 Å². The molecule has 3 rings (SSSR count). The van der Waals surface area contributed by atoms with E-state index in [4.69, 9.17) is 4.74 Å². The number of pyridine rings is 1. The molecule has 0 radical (unpaired) electrons. The van der Waals surface area contributed by atoms with Gasteiger partial charge in [0.1, 0.15) is 11.9 Å². The monoisotopic (exact) mass is 311 g/mol. The summed E-state index contributed by atoms with van der Waals surface area (Å²) in [5, 5.41) is 9.31. The van der Waals surface area contributed by atoms with Gasteiger partial charge in [-0.25, -0.2) is 4.98 Å².